The quantitative estimate of drug-likeness (QED) is 0.668. The van der Waals surface area contributed by atoms with Crippen LogP contribution in [0.2, 0.25) is 0 Å². The maximum absolute atomic E-state index is 12.5. The number of carbonyl (C=O) groups is 1. The van der Waals surface area contributed by atoms with Gasteiger partial charge in [-0.05, 0) is 47.3 Å². The second kappa shape index (κ2) is 8.46. The minimum absolute atomic E-state index is 0.170. The molecular weight excluding hydrogens is 334 g/mol. The molecule has 0 saturated carbocycles. The van der Waals surface area contributed by atoms with E-state index >= 15 is 0 Å². The van der Waals surface area contributed by atoms with Crippen LogP contribution in [-0.2, 0) is 18.0 Å². The van der Waals surface area contributed by atoms with Crippen LogP contribution in [0.4, 0.5) is 5.69 Å². The number of hydrogen-bond donors (Lipinski definition) is 1. The van der Waals surface area contributed by atoms with Gasteiger partial charge in [-0.25, -0.2) is 0 Å². The number of anilines is 1. The van der Waals surface area contributed by atoms with Gasteiger partial charge < -0.3 is 14.8 Å². The largest absolute Gasteiger partial charge is 0.488 e. The maximum Gasteiger partial charge on any atom is 0.255 e. The Bertz CT molecular complexity index is 830. The minimum Gasteiger partial charge on any atom is -0.488 e. The summed E-state index contributed by atoms with van der Waals surface area (Å²) in [6.07, 6.45) is 0. The predicted molar refractivity (Wildman–Crippen MR) is 100 cm³/mol. The molecular formula is C20H19NO3S. The molecule has 1 heterocycles. The van der Waals surface area contributed by atoms with Gasteiger partial charge in [0.15, 0.2) is 0 Å². The van der Waals surface area contributed by atoms with Gasteiger partial charge in [-0.1, -0.05) is 24.3 Å². The average molecular weight is 353 g/mol. The van der Waals surface area contributed by atoms with Crippen LogP contribution in [0.3, 0.4) is 0 Å². The van der Waals surface area contributed by atoms with Crippen molar-refractivity contribution in [2.45, 2.75) is 13.2 Å². The average Bonchev–Trinajstić information content (AvgIpc) is 3.14. The third kappa shape index (κ3) is 4.92. The van der Waals surface area contributed by atoms with Crippen molar-refractivity contribution in [3.05, 3.63) is 82.0 Å². The Hall–Kier alpha value is -2.63. The lowest BCUT2D eigenvalue weighted by Crippen LogP contribution is -2.12. The van der Waals surface area contributed by atoms with Gasteiger partial charge in [0.2, 0.25) is 0 Å². The first-order valence-electron chi connectivity index (χ1n) is 7.89. The number of methoxy groups -OCH3 is 1. The molecule has 3 aromatic rings. The van der Waals surface area contributed by atoms with Gasteiger partial charge in [0.1, 0.15) is 12.4 Å². The van der Waals surface area contributed by atoms with Crippen LogP contribution in [0.15, 0.2) is 66.0 Å². The van der Waals surface area contributed by atoms with Gasteiger partial charge >= 0.3 is 0 Å². The zero-order valence-corrected chi connectivity index (χ0v) is 14.7. The molecule has 0 fully saturated rings. The van der Waals surface area contributed by atoms with Crippen LogP contribution in [0, 0.1) is 0 Å². The number of carbonyl (C=O) groups excluding carboxylic acids is 1. The Morgan fingerprint density at radius 1 is 1.04 bits per heavy atom. The summed E-state index contributed by atoms with van der Waals surface area (Å²) in [6, 6.07) is 18.8. The molecule has 0 aliphatic rings. The van der Waals surface area contributed by atoms with E-state index < -0.39 is 0 Å². The zero-order chi connectivity index (χ0) is 17.5. The fourth-order valence-electron chi connectivity index (χ4n) is 2.39. The molecule has 3 rings (SSSR count). The first-order valence-corrected chi connectivity index (χ1v) is 8.77. The summed E-state index contributed by atoms with van der Waals surface area (Å²) < 4.78 is 10.9. The van der Waals surface area contributed by atoms with Crippen molar-refractivity contribution in [1.29, 1.82) is 0 Å². The number of nitrogens with one attached hydrogen (secondary N) is 1. The third-order valence-electron chi connectivity index (χ3n) is 3.55. The highest BCUT2D eigenvalue weighted by atomic mass is 32.1. The summed E-state index contributed by atoms with van der Waals surface area (Å²) in [5.41, 5.74) is 2.30. The molecule has 0 aliphatic carbocycles. The lowest BCUT2D eigenvalue weighted by atomic mass is 10.1. The summed E-state index contributed by atoms with van der Waals surface area (Å²) in [5, 5.41) is 4.92. The first kappa shape index (κ1) is 17.2. The van der Waals surface area contributed by atoms with Crippen LogP contribution in [-0.4, -0.2) is 13.0 Å². The lowest BCUT2D eigenvalue weighted by molar-refractivity contribution is 0.102. The van der Waals surface area contributed by atoms with Crippen LogP contribution in [0.1, 0.15) is 20.8 Å². The van der Waals surface area contributed by atoms with Crippen LogP contribution >= 0.6 is 11.3 Å². The highest BCUT2D eigenvalue weighted by Gasteiger charge is 2.08. The summed E-state index contributed by atoms with van der Waals surface area (Å²) in [6.45, 7) is 1.01. The second-order valence-corrected chi connectivity index (χ2v) is 6.52. The molecule has 2 aromatic carbocycles. The molecule has 5 heteroatoms. The minimum atomic E-state index is -0.170. The molecule has 1 aromatic heterocycles. The number of hydrogen-bond acceptors (Lipinski definition) is 4. The van der Waals surface area contributed by atoms with E-state index in [1.54, 1.807) is 30.6 Å². The van der Waals surface area contributed by atoms with Gasteiger partial charge in [-0.3, -0.25) is 4.79 Å². The van der Waals surface area contributed by atoms with Crippen molar-refractivity contribution in [2.75, 3.05) is 12.4 Å². The SMILES string of the molecule is COCc1cccc(NC(=O)c2cccc(OCc3cccs3)c2)c1. The molecule has 0 radical (unpaired) electrons. The molecule has 0 spiro atoms. The van der Waals surface area contributed by atoms with Gasteiger partial charge in [0.25, 0.3) is 5.91 Å². The maximum atomic E-state index is 12.5. The van der Waals surface area contributed by atoms with Crippen molar-refractivity contribution in [3.8, 4) is 5.75 Å². The topological polar surface area (TPSA) is 47.6 Å². The molecule has 1 amide bonds. The van der Waals surface area contributed by atoms with E-state index in [1.807, 2.05) is 53.9 Å². The summed E-state index contributed by atoms with van der Waals surface area (Å²) in [4.78, 5) is 13.6. The third-order valence-corrected chi connectivity index (χ3v) is 4.40. The number of amides is 1. The fraction of sp³-hybridized carbons (Fsp3) is 0.150. The number of thiophene rings is 1. The Kier molecular flexibility index (Phi) is 5.82. The van der Waals surface area contributed by atoms with E-state index in [2.05, 4.69) is 5.32 Å². The fourth-order valence-corrected chi connectivity index (χ4v) is 3.00. The van der Waals surface area contributed by atoms with E-state index in [9.17, 15) is 4.79 Å². The van der Waals surface area contributed by atoms with Crippen LogP contribution in [0.5, 0.6) is 5.75 Å². The van der Waals surface area contributed by atoms with Crippen molar-refractivity contribution in [2.24, 2.45) is 0 Å². The highest BCUT2D eigenvalue weighted by Crippen LogP contribution is 2.19. The van der Waals surface area contributed by atoms with Crippen LogP contribution in [0.25, 0.3) is 0 Å². The Labute approximate surface area is 151 Å². The Morgan fingerprint density at radius 2 is 1.92 bits per heavy atom. The smallest absolute Gasteiger partial charge is 0.255 e. The van der Waals surface area contributed by atoms with Crippen molar-refractivity contribution in [3.63, 3.8) is 0 Å². The number of benzene rings is 2. The first-order chi connectivity index (χ1) is 12.2. The summed E-state index contributed by atoms with van der Waals surface area (Å²) >= 11 is 1.65. The molecule has 4 nitrogen and oxygen atoms in total. The van der Waals surface area contributed by atoms with E-state index in [4.69, 9.17) is 9.47 Å². The molecule has 0 atom stereocenters. The molecule has 0 bridgehead atoms. The zero-order valence-electron chi connectivity index (χ0n) is 13.9. The Morgan fingerprint density at radius 3 is 2.72 bits per heavy atom. The van der Waals surface area contributed by atoms with E-state index in [0.717, 1.165) is 16.1 Å². The van der Waals surface area contributed by atoms with Gasteiger partial charge in [0, 0.05) is 23.2 Å². The molecule has 0 unspecified atom stereocenters. The van der Waals surface area contributed by atoms with Gasteiger partial charge in [-0.15, -0.1) is 11.3 Å². The molecule has 1 N–H and O–H groups in total. The van der Waals surface area contributed by atoms with E-state index in [0.29, 0.717) is 24.5 Å². The highest BCUT2D eigenvalue weighted by molar-refractivity contribution is 7.09. The van der Waals surface area contributed by atoms with Gasteiger partial charge in [-0.2, -0.15) is 0 Å². The number of rotatable bonds is 7. The molecule has 25 heavy (non-hydrogen) atoms. The summed E-state index contributed by atoms with van der Waals surface area (Å²) in [7, 11) is 1.65. The molecule has 128 valence electrons. The molecule has 0 saturated heterocycles. The standard InChI is InChI=1S/C20H19NO3S/c1-23-13-15-5-2-7-17(11-15)21-20(22)16-6-3-8-18(12-16)24-14-19-9-4-10-25-19/h2-12H,13-14H2,1H3,(H,21,22). The second-order valence-electron chi connectivity index (χ2n) is 5.48. The van der Waals surface area contributed by atoms with E-state index in [-0.39, 0.29) is 5.91 Å². The van der Waals surface area contributed by atoms with E-state index in [1.165, 1.54) is 0 Å². The normalized spacial score (nSPS) is 10.4. The molecule has 0 aliphatic heterocycles. The van der Waals surface area contributed by atoms with Gasteiger partial charge in [0.05, 0.1) is 6.61 Å². The van der Waals surface area contributed by atoms with Crippen molar-refractivity contribution >= 4 is 22.9 Å². The van der Waals surface area contributed by atoms with Crippen molar-refractivity contribution in [1.82, 2.24) is 0 Å². The monoisotopic (exact) mass is 353 g/mol. The Balaban J connectivity index is 1.65. The van der Waals surface area contributed by atoms with Crippen LogP contribution < -0.4 is 10.1 Å². The van der Waals surface area contributed by atoms with Crippen molar-refractivity contribution < 1.29 is 14.3 Å². The summed E-state index contributed by atoms with van der Waals surface area (Å²) in [5.74, 6) is 0.505. The lowest BCUT2D eigenvalue weighted by Gasteiger charge is -2.09. The predicted octanol–water partition coefficient (Wildman–Crippen LogP) is 4.73. The number of ether oxygens (including phenoxy) is 2.